The first-order valence-corrected chi connectivity index (χ1v) is 9.43. The fraction of sp³-hybridized carbons (Fsp3) is 0.350. The lowest BCUT2D eigenvalue weighted by atomic mass is 10.2. The van der Waals surface area contributed by atoms with Crippen LogP contribution in [0.15, 0.2) is 47.5 Å². The van der Waals surface area contributed by atoms with Crippen molar-refractivity contribution in [3.05, 3.63) is 64.5 Å². The molecule has 0 aromatic carbocycles. The predicted molar refractivity (Wildman–Crippen MR) is 108 cm³/mol. The first-order valence-electron chi connectivity index (χ1n) is 9.43. The summed E-state index contributed by atoms with van der Waals surface area (Å²) in [5.41, 5.74) is 2.43. The molecule has 0 amide bonds. The van der Waals surface area contributed by atoms with Crippen molar-refractivity contribution < 1.29 is 0 Å². The minimum atomic E-state index is -0.0715. The van der Waals surface area contributed by atoms with Gasteiger partial charge >= 0.3 is 0 Å². The molecule has 0 unspecified atom stereocenters. The van der Waals surface area contributed by atoms with E-state index in [9.17, 15) is 4.79 Å². The highest BCUT2D eigenvalue weighted by atomic mass is 16.1. The summed E-state index contributed by atoms with van der Waals surface area (Å²) in [5.74, 6) is 1.40. The van der Waals surface area contributed by atoms with Gasteiger partial charge in [-0.3, -0.25) is 9.36 Å². The molecule has 3 heterocycles. The number of aromatic nitrogens is 5. The second kappa shape index (κ2) is 7.75. The van der Waals surface area contributed by atoms with E-state index in [1.54, 1.807) is 23.0 Å². The van der Waals surface area contributed by atoms with Crippen molar-refractivity contribution in [2.24, 2.45) is 0 Å². The van der Waals surface area contributed by atoms with Crippen molar-refractivity contribution in [3.8, 4) is 5.69 Å². The third kappa shape index (κ3) is 4.00. The molecule has 3 aromatic heterocycles. The Morgan fingerprint density at radius 3 is 2.54 bits per heavy atom. The SMILES string of the molecule is Cc1nnc(N[C@H]2CC[C@H](Nc3ccc(-n4ccccc4=O)cn3)C2)nc1C. The zero-order chi connectivity index (χ0) is 19.5. The van der Waals surface area contributed by atoms with E-state index >= 15 is 0 Å². The molecule has 0 spiro atoms. The first-order chi connectivity index (χ1) is 13.6. The molecular formula is C20H23N7O. The average Bonchev–Trinajstić information content (AvgIpc) is 3.13. The minimum absolute atomic E-state index is 0.0715. The maximum atomic E-state index is 11.9. The van der Waals surface area contributed by atoms with E-state index in [1.807, 2.05) is 32.0 Å². The maximum Gasteiger partial charge on any atom is 0.255 e. The van der Waals surface area contributed by atoms with Crippen molar-refractivity contribution in [1.29, 1.82) is 0 Å². The van der Waals surface area contributed by atoms with E-state index in [0.717, 1.165) is 42.2 Å². The van der Waals surface area contributed by atoms with Crippen LogP contribution in [0.2, 0.25) is 0 Å². The van der Waals surface area contributed by atoms with Gasteiger partial charge in [-0.1, -0.05) is 6.07 Å². The van der Waals surface area contributed by atoms with E-state index in [4.69, 9.17) is 0 Å². The second-order valence-corrected chi connectivity index (χ2v) is 7.11. The Kier molecular flexibility index (Phi) is 5.01. The van der Waals surface area contributed by atoms with Crippen molar-refractivity contribution in [2.75, 3.05) is 10.6 Å². The van der Waals surface area contributed by atoms with Gasteiger partial charge in [0.25, 0.3) is 5.56 Å². The van der Waals surface area contributed by atoms with Crippen LogP contribution < -0.4 is 16.2 Å². The lowest BCUT2D eigenvalue weighted by Crippen LogP contribution is -2.22. The van der Waals surface area contributed by atoms with Crippen LogP contribution in [0.4, 0.5) is 11.8 Å². The van der Waals surface area contributed by atoms with Crippen LogP contribution in [-0.2, 0) is 0 Å². The number of rotatable bonds is 5. The van der Waals surface area contributed by atoms with Crippen molar-refractivity contribution in [2.45, 2.75) is 45.2 Å². The summed E-state index contributed by atoms with van der Waals surface area (Å²) >= 11 is 0. The zero-order valence-corrected chi connectivity index (χ0v) is 16.0. The van der Waals surface area contributed by atoms with E-state index in [-0.39, 0.29) is 5.56 Å². The standard InChI is InChI=1S/C20H23N7O/c1-13-14(2)25-26-20(22-13)24-16-7-6-15(11-16)23-18-9-8-17(12-21-18)27-10-4-3-5-19(27)28/h3-5,8-10,12,15-16H,6-7,11H2,1-2H3,(H,21,23)(H,22,24,26)/t15-,16-/m0/s1. The van der Waals surface area contributed by atoms with E-state index in [2.05, 4.69) is 30.8 Å². The molecule has 0 saturated heterocycles. The summed E-state index contributed by atoms with van der Waals surface area (Å²) < 4.78 is 1.57. The Labute approximate surface area is 163 Å². The summed E-state index contributed by atoms with van der Waals surface area (Å²) in [6, 6.07) is 9.53. The number of nitrogens with one attached hydrogen (secondary N) is 2. The monoisotopic (exact) mass is 377 g/mol. The third-order valence-electron chi connectivity index (χ3n) is 5.06. The molecule has 0 radical (unpaired) electrons. The van der Waals surface area contributed by atoms with Gasteiger partial charge in [0.2, 0.25) is 5.95 Å². The molecule has 4 rings (SSSR count). The Hall–Kier alpha value is -3.29. The van der Waals surface area contributed by atoms with Crippen LogP contribution in [0, 0.1) is 13.8 Å². The Morgan fingerprint density at radius 2 is 1.82 bits per heavy atom. The zero-order valence-electron chi connectivity index (χ0n) is 16.0. The summed E-state index contributed by atoms with van der Waals surface area (Å²) in [7, 11) is 0. The second-order valence-electron chi connectivity index (χ2n) is 7.11. The Morgan fingerprint density at radius 1 is 1.00 bits per heavy atom. The number of nitrogens with zero attached hydrogens (tertiary/aromatic N) is 5. The number of pyridine rings is 2. The fourth-order valence-corrected chi connectivity index (χ4v) is 3.41. The summed E-state index contributed by atoms with van der Waals surface area (Å²) in [6.07, 6.45) is 6.48. The lowest BCUT2D eigenvalue weighted by molar-refractivity contribution is 0.710. The van der Waals surface area contributed by atoms with Gasteiger partial charge in [-0.05, 0) is 51.3 Å². The average molecular weight is 377 g/mol. The van der Waals surface area contributed by atoms with Crippen LogP contribution in [-0.4, -0.2) is 36.8 Å². The molecule has 2 atom stereocenters. The molecule has 144 valence electrons. The van der Waals surface area contributed by atoms with E-state index < -0.39 is 0 Å². The third-order valence-corrected chi connectivity index (χ3v) is 5.06. The molecule has 28 heavy (non-hydrogen) atoms. The Bertz CT molecular complexity index is 1020. The van der Waals surface area contributed by atoms with Crippen molar-refractivity contribution in [3.63, 3.8) is 0 Å². The molecule has 1 saturated carbocycles. The molecule has 1 fully saturated rings. The number of anilines is 2. The van der Waals surface area contributed by atoms with Crippen LogP contribution in [0.3, 0.4) is 0 Å². The van der Waals surface area contributed by atoms with Crippen LogP contribution >= 0.6 is 0 Å². The van der Waals surface area contributed by atoms with Gasteiger partial charge in [-0.15, -0.1) is 5.10 Å². The quantitative estimate of drug-likeness (QED) is 0.705. The highest BCUT2D eigenvalue weighted by Crippen LogP contribution is 2.24. The van der Waals surface area contributed by atoms with Gasteiger partial charge < -0.3 is 10.6 Å². The molecular weight excluding hydrogens is 354 g/mol. The maximum absolute atomic E-state index is 11.9. The van der Waals surface area contributed by atoms with E-state index in [1.165, 1.54) is 6.07 Å². The van der Waals surface area contributed by atoms with Crippen molar-refractivity contribution >= 4 is 11.8 Å². The van der Waals surface area contributed by atoms with Gasteiger partial charge in [-0.2, -0.15) is 5.10 Å². The summed E-state index contributed by atoms with van der Waals surface area (Å²) in [5, 5.41) is 15.1. The smallest absolute Gasteiger partial charge is 0.255 e. The van der Waals surface area contributed by atoms with E-state index in [0.29, 0.717) is 18.0 Å². The first kappa shape index (κ1) is 18.1. The van der Waals surface area contributed by atoms with Gasteiger partial charge in [0.05, 0.1) is 23.3 Å². The highest BCUT2D eigenvalue weighted by Gasteiger charge is 2.25. The largest absolute Gasteiger partial charge is 0.367 e. The Balaban J connectivity index is 1.36. The minimum Gasteiger partial charge on any atom is -0.367 e. The van der Waals surface area contributed by atoms with Gasteiger partial charge in [0.15, 0.2) is 0 Å². The van der Waals surface area contributed by atoms with Crippen LogP contribution in [0.25, 0.3) is 5.69 Å². The molecule has 0 bridgehead atoms. The molecule has 8 heteroatoms. The predicted octanol–water partition coefficient (Wildman–Crippen LogP) is 2.48. The summed E-state index contributed by atoms with van der Waals surface area (Å²) in [4.78, 5) is 20.8. The van der Waals surface area contributed by atoms with Crippen molar-refractivity contribution in [1.82, 2.24) is 24.7 Å². The number of hydrogen-bond donors (Lipinski definition) is 2. The van der Waals surface area contributed by atoms with Gasteiger partial charge in [-0.25, -0.2) is 9.97 Å². The van der Waals surface area contributed by atoms with Crippen LogP contribution in [0.1, 0.15) is 30.7 Å². The number of aryl methyl sites for hydroxylation is 2. The molecule has 8 nitrogen and oxygen atoms in total. The topological polar surface area (TPSA) is 97.6 Å². The lowest BCUT2D eigenvalue weighted by Gasteiger charge is -2.15. The molecule has 2 N–H and O–H groups in total. The number of hydrogen-bond acceptors (Lipinski definition) is 7. The fourth-order valence-electron chi connectivity index (χ4n) is 3.41. The highest BCUT2D eigenvalue weighted by molar-refractivity contribution is 5.42. The van der Waals surface area contributed by atoms with Gasteiger partial charge in [0.1, 0.15) is 5.82 Å². The summed E-state index contributed by atoms with van der Waals surface area (Å²) in [6.45, 7) is 3.84. The molecule has 3 aromatic rings. The molecule has 1 aliphatic carbocycles. The normalized spacial score (nSPS) is 18.8. The van der Waals surface area contributed by atoms with Crippen LogP contribution in [0.5, 0.6) is 0 Å². The molecule has 1 aliphatic rings. The molecule has 0 aliphatic heterocycles. The van der Waals surface area contributed by atoms with Gasteiger partial charge in [0, 0.05) is 24.3 Å².